The van der Waals surface area contributed by atoms with Crippen molar-refractivity contribution in [3.63, 3.8) is 0 Å². The monoisotopic (exact) mass is 329 g/mol. The minimum Gasteiger partial charge on any atom is -0.489 e. The molecule has 0 spiro atoms. The summed E-state index contributed by atoms with van der Waals surface area (Å²) in [5, 5.41) is 11.5. The molecule has 2 aromatic rings. The lowest BCUT2D eigenvalue weighted by Gasteiger charge is -2.18. The standard InChI is InChI=1S/C17H19N3O4/c1-3-12(24-13-6-4-5-11(2)7-13)8-20-16(21)14-9-19-15(10-18-14)17(22)23/h4-7,9-10,12H,3,8H2,1-2H3,(H,20,21)(H,22,23). The van der Waals surface area contributed by atoms with Crippen molar-refractivity contribution in [3.05, 3.63) is 53.6 Å². The summed E-state index contributed by atoms with van der Waals surface area (Å²) in [7, 11) is 0. The van der Waals surface area contributed by atoms with Crippen molar-refractivity contribution in [2.75, 3.05) is 6.54 Å². The fourth-order valence-corrected chi connectivity index (χ4v) is 2.00. The Morgan fingerprint density at radius 3 is 2.54 bits per heavy atom. The molecule has 24 heavy (non-hydrogen) atoms. The summed E-state index contributed by atoms with van der Waals surface area (Å²) in [5.41, 5.74) is 0.950. The van der Waals surface area contributed by atoms with Gasteiger partial charge in [-0.15, -0.1) is 0 Å². The van der Waals surface area contributed by atoms with Gasteiger partial charge in [-0.2, -0.15) is 0 Å². The molecule has 0 saturated carbocycles. The van der Waals surface area contributed by atoms with E-state index >= 15 is 0 Å². The van der Waals surface area contributed by atoms with Gasteiger partial charge in [0.2, 0.25) is 0 Å². The first-order valence-corrected chi connectivity index (χ1v) is 7.56. The van der Waals surface area contributed by atoms with Gasteiger partial charge in [0.05, 0.1) is 18.9 Å². The van der Waals surface area contributed by atoms with Gasteiger partial charge in [0.1, 0.15) is 17.5 Å². The largest absolute Gasteiger partial charge is 0.489 e. The van der Waals surface area contributed by atoms with Crippen LogP contribution in [0.25, 0.3) is 0 Å². The number of carbonyl (C=O) groups excluding carboxylic acids is 1. The molecule has 0 aliphatic rings. The smallest absolute Gasteiger partial charge is 0.356 e. The molecule has 0 bridgehead atoms. The molecule has 1 atom stereocenters. The maximum absolute atomic E-state index is 12.0. The zero-order valence-electron chi connectivity index (χ0n) is 13.5. The molecular formula is C17H19N3O4. The summed E-state index contributed by atoms with van der Waals surface area (Å²) in [4.78, 5) is 30.2. The maximum atomic E-state index is 12.0. The van der Waals surface area contributed by atoms with Crippen molar-refractivity contribution >= 4 is 11.9 Å². The Bertz CT molecular complexity index is 716. The van der Waals surface area contributed by atoms with Crippen LogP contribution in [0.5, 0.6) is 5.75 Å². The Kier molecular flexibility index (Phi) is 5.83. The molecule has 2 N–H and O–H groups in total. The molecule has 0 fully saturated rings. The van der Waals surface area contributed by atoms with Crippen LogP contribution >= 0.6 is 0 Å². The Balaban J connectivity index is 1.92. The number of benzene rings is 1. The van der Waals surface area contributed by atoms with Crippen molar-refractivity contribution in [3.8, 4) is 5.75 Å². The molecule has 1 amide bonds. The summed E-state index contributed by atoms with van der Waals surface area (Å²) in [6.07, 6.45) is 2.73. The average molecular weight is 329 g/mol. The van der Waals surface area contributed by atoms with E-state index in [4.69, 9.17) is 9.84 Å². The van der Waals surface area contributed by atoms with Gasteiger partial charge in [0.25, 0.3) is 5.91 Å². The Morgan fingerprint density at radius 2 is 1.96 bits per heavy atom. The van der Waals surface area contributed by atoms with E-state index in [1.165, 1.54) is 0 Å². The number of nitrogens with one attached hydrogen (secondary N) is 1. The second-order valence-corrected chi connectivity index (χ2v) is 5.27. The normalized spacial score (nSPS) is 11.6. The van der Waals surface area contributed by atoms with E-state index in [2.05, 4.69) is 15.3 Å². The van der Waals surface area contributed by atoms with Crippen LogP contribution in [0.2, 0.25) is 0 Å². The van der Waals surface area contributed by atoms with E-state index in [0.29, 0.717) is 6.54 Å². The quantitative estimate of drug-likeness (QED) is 0.806. The maximum Gasteiger partial charge on any atom is 0.356 e. The number of amides is 1. The van der Waals surface area contributed by atoms with Crippen molar-refractivity contribution in [1.82, 2.24) is 15.3 Å². The number of ether oxygens (including phenoxy) is 1. The molecular weight excluding hydrogens is 310 g/mol. The molecule has 2 rings (SSSR count). The third-order valence-corrected chi connectivity index (χ3v) is 3.34. The zero-order valence-corrected chi connectivity index (χ0v) is 13.5. The van der Waals surface area contributed by atoms with Crippen molar-refractivity contribution in [2.24, 2.45) is 0 Å². The second kappa shape index (κ2) is 8.05. The molecule has 0 radical (unpaired) electrons. The van der Waals surface area contributed by atoms with Crippen molar-refractivity contribution < 1.29 is 19.4 Å². The summed E-state index contributed by atoms with van der Waals surface area (Å²) >= 11 is 0. The molecule has 1 heterocycles. The molecule has 1 aromatic carbocycles. The van der Waals surface area contributed by atoms with Gasteiger partial charge in [-0.3, -0.25) is 4.79 Å². The van der Waals surface area contributed by atoms with Crippen LogP contribution in [0, 0.1) is 6.92 Å². The van der Waals surface area contributed by atoms with Gasteiger partial charge in [-0.1, -0.05) is 19.1 Å². The SMILES string of the molecule is CCC(CNC(=O)c1cnc(C(=O)O)cn1)Oc1cccc(C)c1. The lowest BCUT2D eigenvalue weighted by Crippen LogP contribution is -2.35. The van der Waals surface area contributed by atoms with E-state index in [9.17, 15) is 9.59 Å². The minimum atomic E-state index is -1.19. The third-order valence-electron chi connectivity index (χ3n) is 3.34. The van der Waals surface area contributed by atoms with Gasteiger partial charge in [-0.25, -0.2) is 14.8 Å². The third kappa shape index (κ3) is 4.77. The molecule has 7 nitrogen and oxygen atoms in total. The Morgan fingerprint density at radius 1 is 1.25 bits per heavy atom. The number of rotatable bonds is 7. The summed E-state index contributed by atoms with van der Waals surface area (Å²) in [6, 6.07) is 7.69. The number of aromatic nitrogens is 2. The fraction of sp³-hybridized carbons (Fsp3) is 0.294. The molecule has 1 unspecified atom stereocenters. The first-order chi connectivity index (χ1) is 11.5. The molecule has 1 aromatic heterocycles. The lowest BCUT2D eigenvalue weighted by molar-refractivity contribution is 0.0689. The summed E-state index contributed by atoms with van der Waals surface area (Å²) < 4.78 is 5.85. The van der Waals surface area contributed by atoms with Gasteiger partial charge in [0.15, 0.2) is 5.69 Å². The lowest BCUT2D eigenvalue weighted by atomic mass is 10.2. The van der Waals surface area contributed by atoms with Crippen LogP contribution in [-0.4, -0.2) is 39.6 Å². The highest BCUT2D eigenvalue weighted by Crippen LogP contribution is 2.15. The van der Waals surface area contributed by atoms with Crippen LogP contribution in [-0.2, 0) is 0 Å². The Labute approximate surface area is 139 Å². The number of aromatic carboxylic acids is 1. The number of aryl methyl sites for hydroxylation is 1. The van der Waals surface area contributed by atoms with E-state index in [1.54, 1.807) is 0 Å². The average Bonchev–Trinajstić information content (AvgIpc) is 2.58. The fourth-order valence-electron chi connectivity index (χ4n) is 2.00. The highest BCUT2D eigenvalue weighted by molar-refractivity contribution is 5.92. The van der Waals surface area contributed by atoms with Crippen LogP contribution in [0.3, 0.4) is 0 Å². The van der Waals surface area contributed by atoms with Crippen LogP contribution in [0.15, 0.2) is 36.7 Å². The number of nitrogens with zero attached hydrogens (tertiary/aromatic N) is 2. The van der Waals surface area contributed by atoms with Gasteiger partial charge in [-0.05, 0) is 31.0 Å². The first kappa shape index (κ1) is 17.4. The summed E-state index contributed by atoms with van der Waals surface area (Å²) in [5.74, 6) is -0.862. The van der Waals surface area contributed by atoms with Crippen molar-refractivity contribution in [1.29, 1.82) is 0 Å². The number of carboxylic acid groups (broad SMARTS) is 1. The van der Waals surface area contributed by atoms with Gasteiger partial charge < -0.3 is 15.2 Å². The van der Waals surface area contributed by atoms with Gasteiger partial charge >= 0.3 is 5.97 Å². The molecule has 0 aliphatic carbocycles. The first-order valence-electron chi connectivity index (χ1n) is 7.56. The van der Waals surface area contributed by atoms with Crippen LogP contribution in [0.4, 0.5) is 0 Å². The zero-order chi connectivity index (χ0) is 17.5. The van der Waals surface area contributed by atoms with Crippen LogP contribution < -0.4 is 10.1 Å². The predicted molar refractivity (Wildman–Crippen MR) is 87.2 cm³/mol. The Hall–Kier alpha value is -2.96. The highest BCUT2D eigenvalue weighted by atomic mass is 16.5. The minimum absolute atomic E-state index is 0.0606. The molecule has 7 heteroatoms. The van der Waals surface area contributed by atoms with E-state index < -0.39 is 11.9 Å². The van der Waals surface area contributed by atoms with E-state index in [1.807, 2.05) is 38.1 Å². The van der Waals surface area contributed by atoms with Crippen molar-refractivity contribution in [2.45, 2.75) is 26.4 Å². The second-order valence-electron chi connectivity index (χ2n) is 5.27. The predicted octanol–water partition coefficient (Wildman–Crippen LogP) is 2.07. The number of hydrogen-bond acceptors (Lipinski definition) is 5. The van der Waals surface area contributed by atoms with E-state index in [0.717, 1.165) is 30.1 Å². The number of carboxylic acids is 1. The summed E-state index contributed by atoms with van der Waals surface area (Å²) in [6.45, 7) is 4.26. The van der Waals surface area contributed by atoms with Gasteiger partial charge in [0, 0.05) is 0 Å². The molecule has 126 valence electrons. The highest BCUT2D eigenvalue weighted by Gasteiger charge is 2.14. The van der Waals surface area contributed by atoms with Crippen LogP contribution in [0.1, 0.15) is 39.9 Å². The number of hydrogen-bond donors (Lipinski definition) is 2. The molecule has 0 saturated heterocycles. The number of carbonyl (C=O) groups is 2. The van der Waals surface area contributed by atoms with E-state index in [-0.39, 0.29) is 17.5 Å². The molecule has 0 aliphatic heterocycles. The topological polar surface area (TPSA) is 101 Å².